The molecule has 0 aliphatic heterocycles. The molecule has 3 nitrogen and oxygen atoms in total. The molecule has 2 atom stereocenters. The lowest BCUT2D eigenvalue weighted by Crippen LogP contribution is -2.33. The van der Waals surface area contributed by atoms with Gasteiger partial charge in [0.1, 0.15) is 0 Å². The predicted molar refractivity (Wildman–Crippen MR) is 73.7 cm³/mol. The Morgan fingerprint density at radius 2 is 2.00 bits per heavy atom. The van der Waals surface area contributed by atoms with Crippen LogP contribution in [0.15, 0.2) is 0 Å². The summed E-state index contributed by atoms with van der Waals surface area (Å²) >= 11 is 6.31. The van der Waals surface area contributed by atoms with Gasteiger partial charge in [0.2, 0.25) is 0 Å². The van der Waals surface area contributed by atoms with Gasteiger partial charge in [0.05, 0.1) is 16.4 Å². The summed E-state index contributed by atoms with van der Waals surface area (Å²) in [5.41, 5.74) is 2.11. The van der Waals surface area contributed by atoms with Crippen LogP contribution in [0.3, 0.4) is 0 Å². The van der Waals surface area contributed by atoms with E-state index in [-0.39, 0.29) is 0 Å². The first kappa shape index (κ1) is 14.5. The molecule has 2 unspecified atom stereocenters. The van der Waals surface area contributed by atoms with Gasteiger partial charge < -0.3 is 5.32 Å². The van der Waals surface area contributed by atoms with Crippen molar-refractivity contribution in [2.75, 3.05) is 6.54 Å². The predicted octanol–water partition coefficient (Wildman–Crippen LogP) is 3.04. The summed E-state index contributed by atoms with van der Waals surface area (Å²) in [4.78, 5) is 0. The Morgan fingerprint density at radius 1 is 1.35 bits per heavy atom. The number of rotatable bonds is 6. The molecule has 0 aliphatic carbocycles. The fraction of sp³-hybridized carbons (Fsp3) is 0.769. The summed E-state index contributed by atoms with van der Waals surface area (Å²) in [5.74, 6) is 0.550. The molecule has 1 heterocycles. The number of halogens is 1. The van der Waals surface area contributed by atoms with Crippen LogP contribution in [-0.2, 0) is 13.0 Å². The van der Waals surface area contributed by atoms with E-state index in [1.165, 1.54) is 5.69 Å². The second-order valence-electron chi connectivity index (χ2n) is 4.69. The lowest BCUT2D eigenvalue weighted by molar-refractivity contribution is 0.396. The van der Waals surface area contributed by atoms with Crippen molar-refractivity contribution in [1.29, 1.82) is 0 Å². The third-order valence-electron chi connectivity index (χ3n) is 3.35. The van der Waals surface area contributed by atoms with Crippen LogP contribution in [0.25, 0.3) is 0 Å². The Labute approximate surface area is 110 Å². The Balaban J connectivity index is 2.80. The number of nitrogens with zero attached hydrogens (tertiary/aromatic N) is 2. The Hall–Kier alpha value is -0.540. The van der Waals surface area contributed by atoms with Gasteiger partial charge in [0.15, 0.2) is 0 Å². The zero-order valence-corrected chi connectivity index (χ0v) is 12.3. The van der Waals surface area contributed by atoms with Gasteiger partial charge in [-0.1, -0.05) is 25.4 Å². The van der Waals surface area contributed by atoms with E-state index in [1.807, 2.05) is 11.6 Å². The standard InChI is InChI=1S/C13H24ClN3/c1-6-15-10(4)9(3)8-12-13(14)11(5)16-17(12)7-2/h9-10,15H,6-8H2,1-5H3. The topological polar surface area (TPSA) is 29.9 Å². The first-order valence-corrected chi connectivity index (χ1v) is 6.84. The fourth-order valence-corrected chi connectivity index (χ4v) is 2.28. The van der Waals surface area contributed by atoms with Gasteiger partial charge in [-0.2, -0.15) is 5.10 Å². The van der Waals surface area contributed by atoms with Gasteiger partial charge in [-0.15, -0.1) is 0 Å². The van der Waals surface area contributed by atoms with Crippen LogP contribution in [0.4, 0.5) is 0 Å². The highest BCUT2D eigenvalue weighted by Crippen LogP contribution is 2.24. The SMILES string of the molecule is CCNC(C)C(C)Cc1c(Cl)c(C)nn1CC. The minimum Gasteiger partial charge on any atom is -0.314 e. The van der Waals surface area contributed by atoms with Crippen LogP contribution >= 0.6 is 11.6 Å². The normalized spacial score (nSPS) is 14.9. The molecule has 1 rings (SSSR count). The molecule has 0 spiro atoms. The molecular weight excluding hydrogens is 234 g/mol. The molecule has 1 N–H and O–H groups in total. The smallest absolute Gasteiger partial charge is 0.0847 e. The molecule has 1 aromatic heterocycles. The monoisotopic (exact) mass is 257 g/mol. The molecule has 17 heavy (non-hydrogen) atoms. The second kappa shape index (κ2) is 6.41. The Bertz CT molecular complexity index is 360. The number of hydrogen-bond acceptors (Lipinski definition) is 2. The van der Waals surface area contributed by atoms with E-state index in [9.17, 15) is 0 Å². The number of nitrogens with one attached hydrogen (secondary N) is 1. The van der Waals surface area contributed by atoms with E-state index in [2.05, 4.69) is 38.1 Å². The maximum Gasteiger partial charge on any atom is 0.0847 e. The fourth-order valence-electron chi connectivity index (χ4n) is 2.07. The molecule has 0 saturated heterocycles. The van der Waals surface area contributed by atoms with Crippen molar-refractivity contribution in [3.63, 3.8) is 0 Å². The van der Waals surface area contributed by atoms with Crippen LogP contribution in [-0.4, -0.2) is 22.4 Å². The lowest BCUT2D eigenvalue weighted by Gasteiger charge is -2.21. The van der Waals surface area contributed by atoms with E-state index < -0.39 is 0 Å². The van der Waals surface area contributed by atoms with Crippen molar-refractivity contribution in [1.82, 2.24) is 15.1 Å². The van der Waals surface area contributed by atoms with Gasteiger partial charge >= 0.3 is 0 Å². The van der Waals surface area contributed by atoms with E-state index in [0.717, 1.165) is 30.2 Å². The summed E-state index contributed by atoms with van der Waals surface area (Å²) in [6.45, 7) is 12.6. The third kappa shape index (κ3) is 3.46. The number of aromatic nitrogens is 2. The Kier molecular flexibility index (Phi) is 5.47. The quantitative estimate of drug-likeness (QED) is 0.849. The molecule has 0 aliphatic rings. The number of hydrogen-bond donors (Lipinski definition) is 1. The average molecular weight is 258 g/mol. The summed E-state index contributed by atoms with van der Waals surface area (Å²) in [6.07, 6.45) is 0.974. The van der Waals surface area contributed by atoms with Crippen LogP contribution in [0, 0.1) is 12.8 Å². The summed E-state index contributed by atoms with van der Waals surface area (Å²) in [7, 11) is 0. The molecule has 0 fully saturated rings. The van der Waals surface area contributed by atoms with Crippen molar-refractivity contribution in [2.45, 2.75) is 53.6 Å². The van der Waals surface area contributed by atoms with E-state index in [4.69, 9.17) is 11.6 Å². The van der Waals surface area contributed by atoms with Gasteiger partial charge in [-0.3, -0.25) is 4.68 Å². The van der Waals surface area contributed by atoms with Crippen molar-refractivity contribution in [2.24, 2.45) is 5.92 Å². The first-order chi connectivity index (χ1) is 8.01. The maximum atomic E-state index is 6.31. The highest BCUT2D eigenvalue weighted by molar-refractivity contribution is 6.31. The largest absolute Gasteiger partial charge is 0.314 e. The van der Waals surface area contributed by atoms with Gasteiger partial charge in [0.25, 0.3) is 0 Å². The van der Waals surface area contributed by atoms with E-state index in [1.54, 1.807) is 0 Å². The molecule has 0 saturated carbocycles. The van der Waals surface area contributed by atoms with Gasteiger partial charge in [-0.05, 0) is 39.7 Å². The summed E-state index contributed by atoms with van der Waals surface area (Å²) in [5, 5.41) is 8.74. The maximum absolute atomic E-state index is 6.31. The van der Waals surface area contributed by atoms with Crippen LogP contribution in [0.2, 0.25) is 5.02 Å². The molecule has 4 heteroatoms. The van der Waals surface area contributed by atoms with Crippen LogP contribution in [0.1, 0.15) is 39.1 Å². The highest BCUT2D eigenvalue weighted by Gasteiger charge is 2.18. The van der Waals surface area contributed by atoms with Crippen molar-refractivity contribution < 1.29 is 0 Å². The lowest BCUT2D eigenvalue weighted by atomic mass is 9.97. The van der Waals surface area contributed by atoms with E-state index >= 15 is 0 Å². The van der Waals surface area contributed by atoms with Crippen molar-refractivity contribution >= 4 is 11.6 Å². The molecule has 0 radical (unpaired) electrons. The minimum atomic E-state index is 0.497. The zero-order valence-electron chi connectivity index (χ0n) is 11.5. The van der Waals surface area contributed by atoms with Gasteiger partial charge in [-0.25, -0.2) is 0 Å². The summed E-state index contributed by atoms with van der Waals surface area (Å²) in [6, 6.07) is 0.497. The second-order valence-corrected chi connectivity index (χ2v) is 5.07. The zero-order chi connectivity index (χ0) is 13.0. The van der Waals surface area contributed by atoms with E-state index in [0.29, 0.717) is 12.0 Å². The summed E-state index contributed by atoms with van der Waals surface area (Å²) < 4.78 is 2.02. The average Bonchev–Trinajstić information content (AvgIpc) is 2.57. The third-order valence-corrected chi connectivity index (χ3v) is 3.84. The van der Waals surface area contributed by atoms with Crippen molar-refractivity contribution in [3.8, 4) is 0 Å². The molecule has 98 valence electrons. The van der Waals surface area contributed by atoms with Crippen LogP contribution in [0.5, 0.6) is 0 Å². The molecule has 0 bridgehead atoms. The molecule has 0 amide bonds. The van der Waals surface area contributed by atoms with Crippen molar-refractivity contribution in [3.05, 3.63) is 16.4 Å². The highest BCUT2D eigenvalue weighted by atomic mass is 35.5. The molecule has 0 aromatic carbocycles. The molecular formula is C13H24ClN3. The Morgan fingerprint density at radius 3 is 2.53 bits per heavy atom. The van der Waals surface area contributed by atoms with Gasteiger partial charge in [0, 0.05) is 12.6 Å². The number of aryl methyl sites for hydroxylation is 2. The minimum absolute atomic E-state index is 0.497. The first-order valence-electron chi connectivity index (χ1n) is 6.46. The molecule has 1 aromatic rings. The van der Waals surface area contributed by atoms with Crippen LogP contribution < -0.4 is 5.32 Å².